The third kappa shape index (κ3) is 5.55. The number of aromatic nitrogens is 2. The average molecular weight is 415 g/mol. The molecule has 2 atom stereocenters. The highest BCUT2D eigenvalue weighted by molar-refractivity contribution is 5.99. The zero-order valence-corrected chi connectivity index (χ0v) is 18.2. The van der Waals surface area contributed by atoms with Crippen molar-refractivity contribution in [2.75, 3.05) is 0 Å². The summed E-state index contributed by atoms with van der Waals surface area (Å²) in [4.78, 5) is 21.3. The Bertz CT molecular complexity index is 891. The normalized spacial score (nSPS) is 19.5. The fraction of sp³-hybridized carbons (Fsp3) is 0.542. The molecule has 0 bridgehead atoms. The molecule has 1 aromatic carbocycles. The molecule has 1 saturated carbocycles. The Morgan fingerprint density at radius 2 is 2.00 bits per heavy atom. The molecule has 30 heavy (non-hydrogen) atoms. The Balaban J connectivity index is 1.64. The first-order valence-corrected chi connectivity index (χ1v) is 10.6. The predicted molar refractivity (Wildman–Crippen MR) is 114 cm³/mol. The number of carbonyl (C=O) groups is 1. The van der Waals surface area contributed by atoms with E-state index < -0.39 is 6.17 Å². The van der Waals surface area contributed by atoms with Crippen molar-refractivity contribution in [3.05, 3.63) is 47.0 Å². The van der Waals surface area contributed by atoms with E-state index in [9.17, 15) is 14.3 Å². The lowest BCUT2D eigenvalue weighted by Gasteiger charge is -2.23. The zero-order chi connectivity index (χ0) is 21.9. The van der Waals surface area contributed by atoms with Gasteiger partial charge in [-0.05, 0) is 50.2 Å². The minimum Gasteiger partial charge on any atom is -0.507 e. The molecule has 2 unspecified atom stereocenters. The van der Waals surface area contributed by atoms with Gasteiger partial charge in [0.15, 0.2) is 5.78 Å². The van der Waals surface area contributed by atoms with Gasteiger partial charge in [0.2, 0.25) is 0 Å². The SMILES string of the molecule is Cc1c(OCc2cnc(C3CCCC(F)C3)cn2)ccc(C(=O)CC(C)(C)C)c1O. The molecule has 1 heterocycles. The quantitative estimate of drug-likeness (QED) is 0.615. The summed E-state index contributed by atoms with van der Waals surface area (Å²) < 4.78 is 19.4. The Hall–Kier alpha value is -2.50. The Morgan fingerprint density at radius 1 is 1.23 bits per heavy atom. The number of hydrogen-bond acceptors (Lipinski definition) is 5. The highest BCUT2D eigenvalue weighted by atomic mass is 19.1. The summed E-state index contributed by atoms with van der Waals surface area (Å²) >= 11 is 0. The lowest BCUT2D eigenvalue weighted by atomic mass is 9.86. The van der Waals surface area contributed by atoms with Crippen LogP contribution in [0.2, 0.25) is 0 Å². The van der Waals surface area contributed by atoms with Crippen LogP contribution >= 0.6 is 0 Å². The van der Waals surface area contributed by atoms with Gasteiger partial charge in [0.1, 0.15) is 24.3 Å². The number of benzene rings is 1. The molecule has 0 radical (unpaired) electrons. The van der Waals surface area contributed by atoms with Crippen molar-refractivity contribution in [1.82, 2.24) is 9.97 Å². The van der Waals surface area contributed by atoms with Crippen LogP contribution < -0.4 is 4.74 Å². The number of carbonyl (C=O) groups excluding carboxylic acids is 1. The van der Waals surface area contributed by atoms with Crippen LogP contribution in [0.15, 0.2) is 24.5 Å². The van der Waals surface area contributed by atoms with Crippen molar-refractivity contribution in [2.24, 2.45) is 5.41 Å². The summed E-state index contributed by atoms with van der Waals surface area (Å²) in [6.45, 7) is 7.89. The molecule has 0 spiro atoms. The summed E-state index contributed by atoms with van der Waals surface area (Å²) in [5, 5.41) is 10.5. The molecule has 1 N–H and O–H groups in total. The second-order valence-electron chi connectivity index (χ2n) is 9.43. The van der Waals surface area contributed by atoms with Crippen LogP contribution in [-0.4, -0.2) is 27.0 Å². The first kappa shape index (κ1) is 22.2. The van der Waals surface area contributed by atoms with Gasteiger partial charge in [0.05, 0.1) is 23.1 Å². The van der Waals surface area contributed by atoms with E-state index in [4.69, 9.17) is 4.74 Å². The lowest BCUT2D eigenvalue weighted by Crippen LogP contribution is -2.16. The maximum Gasteiger partial charge on any atom is 0.167 e. The standard InChI is InChI=1S/C24H31FN2O3/c1-15-22(9-8-19(23(15)29)21(28)11-24(2,3)4)30-14-18-12-27-20(13-26-18)16-6-5-7-17(25)10-16/h8-9,12-13,16-17,29H,5-7,10-11,14H2,1-4H3. The summed E-state index contributed by atoms with van der Waals surface area (Å²) in [5.74, 6) is 0.502. The minimum atomic E-state index is -0.748. The number of hydrogen-bond donors (Lipinski definition) is 1. The average Bonchev–Trinajstić information content (AvgIpc) is 2.68. The second-order valence-corrected chi connectivity index (χ2v) is 9.43. The monoisotopic (exact) mass is 414 g/mol. The molecule has 0 aliphatic heterocycles. The third-order valence-corrected chi connectivity index (χ3v) is 5.50. The highest BCUT2D eigenvalue weighted by Gasteiger charge is 2.24. The Kier molecular flexibility index (Phi) is 6.74. The number of rotatable bonds is 6. The van der Waals surface area contributed by atoms with E-state index in [1.165, 1.54) is 0 Å². The van der Waals surface area contributed by atoms with E-state index in [2.05, 4.69) is 9.97 Å². The smallest absolute Gasteiger partial charge is 0.167 e. The number of nitrogens with zero attached hydrogens (tertiary/aromatic N) is 2. The lowest BCUT2D eigenvalue weighted by molar-refractivity contribution is 0.0937. The first-order chi connectivity index (χ1) is 14.1. The molecule has 6 heteroatoms. The molecular formula is C24H31FN2O3. The molecule has 0 amide bonds. The van der Waals surface area contributed by atoms with Gasteiger partial charge in [0, 0.05) is 24.1 Å². The molecule has 0 saturated heterocycles. The Labute approximate surface area is 177 Å². The van der Waals surface area contributed by atoms with Gasteiger partial charge in [-0.25, -0.2) is 4.39 Å². The van der Waals surface area contributed by atoms with Gasteiger partial charge < -0.3 is 9.84 Å². The van der Waals surface area contributed by atoms with Crippen molar-refractivity contribution in [3.8, 4) is 11.5 Å². The summed E-state index contributed by atoms with van der Waals surface area (Å²) in [7, 11) is 0. The molecule has 1 aromatic heterocycles. The third-order valence-electron chi connectivity index (χ3n) is 5.50. The summed E-state index contributed by atoms with van der Waals surface area (Å²) in [5.41, 5.74) is 2.17. The van der Waals surface area contributed by atoms with Gasteiger partial charge in [0.25, 0.3) is 0 Å². The van der Waals surface area contributed by atoms with Crippen LogP contribution in [0.5, 0.6) is 11.5 Å². The van der Waals surface area contributed by atoms with E-state index >= 15 is 0 Å². The summed E-state index contributed by atoms with van der Waals surface area (Å²) in [6.07, 6.45) is 5.97. The number of ketones is 1. The van der Waals surface area contributed by atoms with Crippen molar-refractivity contribution in [1.29, 1.82) is 0 Å². The van der Waals surface area contributed by atoms with Crippen LogP contribution in [0, 0.1) is 12.3 Å². The molecule has 1 fully saturated rings. The van der Waals surface area contributed by atoms with Gasteiger partial charge in [-0.1, -0.05) is 20.8 Å². The molecule has 162 valence electrons. The number of Topliss-reactive ketones (excluding diaryl/α,β-unsaturated/α-hetero) is 1. The van der Waals surface area contributed by atoms with Gasteiger partial charge in [-0.15, -0.1) is 0 Å². The minimum absolute atomic E-state index is 0.0405. The van der Waals surface area contributed by atoms with Crippen LogP contribution in [0.4, 0.5) is 4.39 Å². The predicted octanol–water partition coefficient (Wildman–Crippen LogP) is 5.68. The molecule has 1 aliphatic rings. The fourth-order valence-electron chi connectivity index (χ4n) is 3.84. The van der Waals surface area contributed by atoms with Crippen molar-refractivity contribution >= 4 is 5.78 Å². The number of phenols is 1. The van der Waals surface area contributed by atoms with Crippen molar-refractivity contribution < 1.29 is 19.0 Å². The maximum absolute atomic E-state index is 13.6. The van der Waals surface area contributed by atoms with E-state index in [1.54, 1.807) is 31.5 Å². The largest absolute Gasteiger partial charge is 0.507 e. The molecular weight excluding hydrogens is 383 g/mol. The van der Waals surface area contributed by atoms with Crippen LogP contribution in [0.25, 0.3) is 0 Å². The van der Waals surface area contributed by atoms with E-state index in [-0.39, 0.29) is 29.5 Å². The van der Waals surface area contributed by atoms with Crippen LogP contribution in [0.3, 0.4) is 0 Å². The molecule has 3 rings (SSSR count). The van der Waals surface area contributed by atoms with Crippen molar-refractivity contribution in [2.45, 2.75) is 78.5 Å². The molecule has 1 aliphatic carbocycles. The van der Waals surface area contributed by atoms with E-state index in [0.717, 1.165) is 18.5 Å². The maximum atomic E-state index is 13.6. The molecule has 5 nitrogen and oxygen atoms in total. The number of phenolic OH excluding ortho intramolecular Hbond substituents is 1. The van der Waals surface area contributed by atoms with E-state index in [1.807, 2.05) is 20.8 Å². The zero-order valence-electron chi connectivity index (χ0n) is 18.2. The van der Waals surface area contributed by atoms with Crippen molar-refractivity contribution in [3.63, 3.8) is 0 Å². The summed E-state index contributed by atoms with van der Waals surface area (Å²) in [6, 6.07) is 3.31. The van der Waals surface area contributed by atoms with E-state index in [0.29, 0.717) is 41.8 Å². The topological polar surface area (TPSA) is 72.3 Å². The number of alkyl halides is 1. The highest BCUT2D eigenvalue weighted by Crippen LogP contribution is 2.34. The number of aromatic hydroxyl groups is 1. The number of halogens is 1. The first-order valence-electron chi connectivity index (χ1n) is 10.6. The van der Waals surface area contributed by atoms with Gasteiger partial charge >= 0.3 is 0 Å². The van der Waals surface area contributed by atoms with Crippen LogP contribution in [0.1, 0.15) is 86.1 Å². The second kappa shape index (κ2) is 9.11. The number of ether oxygens (including phenoxy) is 1. The van der Waals surface area contributed by atoms with Gasteiger partial charge in [-0.2, -0.15) is 0 Å². The Morgan fingerprint density at radius 3 is 2.63 bits per heavy atom. The fourth-order valence-corrected chi connectivity index (χ4v) is 3.84. The van der Waals surface area contributed by atoms with Crippen LogP contribution in [-0.2, 0) is 6.61 Å². The van der Waals surface area contributed by atoms with Gasteiger partial charge in [-0.3, -0.25) is 14.8 Å². The molecule has 2 aromatic rings.